The summed E-state index contributed by atoms with van der Waals surface area (Å²) in [6, 6.07) is 8.22. The van der Waals surface area contributed by atoms with Gasteiger partial charge in [-0.15, -0.1) is 10.2 Å². The molecule has 3 aromatic rings. The van der Waals surface area contributed by atoms with E-state index in [4.69, 9.17) is 9.47 Å². The van der Waals surface area contributed by atoms with E-state index in [0.29, 0.717) is 0 Å². The minimum absolute atomic E-state index is 0.745. The van der Waals surface area contributed by atoms with Gasteiger partial charge in [-0.2, -0.15) is 0 Å². The zero-order chi connectivity index (χ0) is 19.5. The van der Waals surface area contributed by atoms with E-state index in [0.717, 1.165) is 55.6 Å². The zero-order valence-electron chi connectivity index (χ0n) is 16.6. The molecular weight excluding hydrogens is 354 g/mol. The van der Waals surface area contributed by atoms with Gasteiger partial charge in [0.05, 0.1) is 14.2 Å². The second-order valence-electron chi connectivity index (χ2n) is 6.97. The molecule has 0 aliphatic carbocycles. The van der Waals surface area contributed by atoms with Gasteiger partial charge < -0.3 is 18.9 Å². The Morgan fingerprint density at radius 3 is 2.11 bits per heavy atom. The van der Waals surface area contributed by atoms with E-state index in [-0.39, 0.29) is 0 Å². The maximum Gasteiger partial charge on any atom is 0.226 e. The molecule has 0 atom stereocenters. The number of benzene rings is 1. The average molecular weight is 379 g/mol. The average Bonchev–Trinajstić information content (AvgIpc) is 2.96. The van der Waals surface area contributed by atoms with Crippen LogP contribution in [0.25, 0.3) is 0 Å². The molecule has 2 aromatic heterocycles. The summed E-state index contributed by atoms with van der Waals surface area (Å²) in [5.74, 6) is 3.43. The molecule has 7 nitrogen and oxygen atoms in total. The highest BCUT2D eigenvalue weighted by Crippen LogP contribution is 2.32. The molecule has 0 unspecified atom stereocenters. The van der Waals surface area contributed by atoms with E-state index in [1.54, 1.807) is 26.6 Å². The lowest BCUT2D eigenvalue weighted by Crippen LogP contribution is -2.28. The van der Waals surface area contributed by atoms with Crippen molar-refractivity contribution in [3.8, 4) is 11.5 Å². The van der Waals surface area contributed by atoms with Crippen molar-refractivity contribution in [2.24, 2.45) is 7.05 Å². The van der Waals surface area contributed by atoms with Gasteiger partial charge in [0, 0.05) is 39.0 Å². The van der Waals surface area contributed by atoms with Crippen LogP contribution in [0.2, 0.25) is 0 Å². The molecule has 0 saturated heterocycles. The van der Waals surface area contributed by atoms with Crippen molar-refractivity contribution in [2.75, 3.05) is 32.2 Å². The number of aromatic nitrogens is 4. The topological polar surface area (TPSA) is 65.3 Å². The Bertz CT molecular complexity index is 920. The standard InChI is InChI=1S/C21H25N5O2/c1-25-20(12-15-4-8-22-9-5-15)23-24-21(25)26-10-6-16-13-18(27-2)19(28-3)14-17(16)7-11-26/h4-5,8-9,13-14H,6-7,10-12H2,1-3H3. The smallest absolute Gasteiger partial charge is 0.226 e. The molecule has 0 fully saturated rings. The van der Waals surface area contributed by atoms with E-state index in [1.807, 2.05) is 19.2 Å². The Hall–Kier alpha value is -3.09. The molecule has 0 radical (unpaired) electrons. The molecule has 1 aliphatic rings. The Morgan fingerprint density at radius 2 is 1.54 bits per heavy atom. The number of hydrogen-bond donors (Lipinski definition) is 0. The molecule has 28 heavy (non-hydrogen) atoms. The van der Waals surface area contributed by atoms with Gasteiger partial charge in [0.15, 0.2) is 11.5 Å². The van der Waals surface area contributed by atoms with Crippen molar-refractivity contribution in [3.63, 3.8) is 0 Å². The fourth-order valence-corrected chi connectivity index (χ4v) is 3.72. The third-order valence-electron chi connectivity index (χ3n) is 5.34. The molecule has 146 valence electrons. The number of pyridine rings is 1. The number of methoxy groups -OCH3 is 2. The highest BCUT2D eigenvalue weighted by molar-refractivity contribution is 5.49. The van der Waals surface area contributed by atoms with Crippen molar-refractivity contribution in [1.29, 1.82) is 0 Å². The first-order valence-electron chi connectivity index (χ1n) is 9.45. The van der Waals surface area contributed by atoms with Gasteiger partial charge in [-0.05, 0) is 53.8 Å². The molecule has 3 heterocycles. The second kappa shape index (κ2) is 7.88. The van der Waals surface area contributed by atoms with Gasteiger partial charge in [0.25, 0.3) is 0 Å². The lowest BCUT2D eigenvalue weighted by atomic mass is 10.0. The molecule has 0 amide bonds. The van der Waals surface area contributed by atoms with E-state index in [1.165, 1.54) is 16.7 Å². The molecule has 0 saturated carbocycles. The van der Waals surface area contributed by atoms with Gasteiger partial charge in [-0.25, -0.2) is 0 Å². The molecule has 1 aromatic carbocycles. The van der Waals surface area contributed by atoms with Crippen molar-refractivity contribution < 1.29 is 9.47 Å². The van der Waals surface area contributed by atoms with Gasteiger partial charge in [0.1, 0.15) is 5.82 Å². The Kier molecular flexibility index (Phi) is 5.14. The number of nitrogens with zero attached hydrogens (tertiary/aromatic N) is 5. The first-order valence-corrected chi connectivity index (χ1v) is 9.45. The Labute approximate surface area is 164 Å². The molecule has 0 spiro atoms. The number of ether oxygens (including phenoxy) is 2. The molecule has 4 rings (SSSR count). The van der Waals surface area contributed by atoms with Crippen molar-refractivity contribution in [3.05, 3.63) is 59.2 Å². The highest BCUT2D eigenvalue weighted by Gasteiger charge is 2.21. The SMILES string of the molecule is COc1cc2c(cc1OC)CCN(c1nnc(Cc3ccncc3)n1C)CC2. The van der Waals surface area contributed by atoms with Crippen LogP contribution in [0.15, 0.2) is 36.7 Å². The molecule has 1 aliphatic heterocycles. The Morgan fingerprint density at radius 1 is 0.929 bits per heavy atom. The highest BCUT2D eigenvalue weighted by atomic mass is 16.5. The van der Waals surface area contributed by atoms with Gasteiger partial charge >= 0.3 is 0 Å². The monoisotopic (exact) mass is 379 g/mol. The number of rotatable bonds is 5. The van der Waals surface area contributed by atoms with E-state index >= 15 is 0 Å². The quantitative estimate of drug-likeness (QED) is 0.678. The van der Waals surface area contributed by atoms with Crippen LogP contribution in [0.5, 0.6) is 11.5 Å². The van der Waals surface area contributed by atoms with Crippen LogP contribution in [0, 0.1) is 0 Å². The van der Waals surface area contributed by atoms with Crippen LogP contribution in [0.3, 0.4) is 0 Å². The number of fused-ring (bicyclic) bond motifs is 1. The fourth-order valence-electron chi connectivity index (χ4n) is 3.72. The second-order valence-corrected chi connectivity index (χ2v) is 6.97. The minimum atomic E-state index is 0.745. The van der Waals surface area contributed by atoms with Gasteiger partial charge in [-0.3, -0.25) is 4.98 Å². The van der Waals surface area contributed by atoms with Gasteiger partial charge in [0.2, 0.25) is 5.95 Å². The number of anilines is 1. The molecule has 0 bridgehead atoms. The lowest BCUT2D eigenvalue weighted by molar-refractivity contribution is 0.354. The normalized spacial score (nSPS) is 13.8. The molecule has 0 N–H and O–H groups in total. The minimum Gasteiger partial charge on any atom is -0.493 e. The van der Waals surface area contributed by atoms with Crippen LogP contribution in [-0.4, -0.2) is 47.1 Å². The van der Waals surface area contributed by atoms with Crippen LogP contribution in [-0.2, 0) is 26.3 Å². The van der Waals surface area contributed by atoms with Crippen molar-refractivity contribution in [1.82, 2.24) is 19.7 Å². The predicted molar refractivity (Wildman–Crippen MR) is 107 cm³/mol. The predicted octanol–water partition coefficient (Wildman–Crippen LogP) is 2.42. The summed E-state index contributed by atoms with van der Waals surface area (Å²) in [7, 11) is 5.39. The van der Waals surface area contributed by atoms with E-state index in [9.17, 15) is 0 Å². The first kappa shape index (κ1) is 18.3. The summed E-state index contributed by atoms with van der Waals surface area (Å²) in [6.45, 7) is 1.79. The summed E-state index contributed by atoms with van der Waals surface area (Å²) >= 11 is 0. The molecular formula is C21H25N5O2. The molecule has 7 heteroatoms. The van der Waals surface area contributed by atoms with Crippen LogP contribution < -0.4 is 14.4 Å². The third-order valence-corrected chi connectivity index (χ3v) is 5.34. The zero-order valence-corrected chi connectivity index (χ0v) is 16.6. The van der Waals surface area contributed by atoms with Crippen LogP contribution in [0.1, 0.15) is 22.5 Å². The largest absolute Gasteiger partial charge is 0.493 e. The maximum atomic E-state index is 5.46. The summed E-state index contributed by atoms with van der Waals surface area (Å²) in [5.41, 5.74) is 3.79. The summed E-state index contributed by atoms with van der Waals surface area (Å²) in [4.78, 5) is 6.38. The van der Waals surface area contributed by atoms with E-state index in [2.05, 4.69) is 36.8 Å². The van der Waals surface area contributed by atoms with Crippen molar-refractivity contribution >= 4 is 5.95 Å². The summed E-state index contributed by atoms with van der Waals surface area (Å²) < 4.78 is 13.0. The number of hydrogen-bond acceptors (Lipinski definition) is 6. The van der Waals surface area contributed by atoms with Crippen molar-refractivity contribution in [2.45, 2.75) is 19.3 Å². The van der Waals surface area contributed by atoms with E-state index < -0.39 is 0 Å². The fraction of sp³-hybridized carbons (Fsp3) is 0.381. The van der Waals surface area contributed by atoms with Crippen LogP contribution in [0.4, 0.5) is 5.95 Å². The summed E-state index contributed by atoms with van der Waals surface area (Å²) in [5, 5.41) is 8.91. The maximum absolute atomic E-state index is 5.46. The van der Waals surface area contributed by atoms with Gasteiger partial charge in [-0.1, -0.05) is 0 Å². The lowest BCUT2D eigenvalue weighted by Gasteiger charge is -2.20. The first-order chi connectivity index (χ1) is 13.7. The summed E-state index contributed by atoms with van der Waals surface area (Å²) in [6.07, 6.45) is 6.22. The van der Waals surface area contributed by atoms with Crippen LogP contribution >= 0.6 is 0 Å². The third kappa shape index (κ3) is 3.52. The Balaban J connectivity index is 1.54.